The molecule has 604 valence electrons. The van der Waals surface area contributed by atoms with E-state index in [0.29, 0.717) is 0 Å². The average molecular weight is 1520 g/mol. The minimum absolute atomic E-state index is 0. The van der Waals surface area contributed by atoms with Gasteiger partial charge in [-0.05, 0) is 64.2 Å². The van der Waals surface area contributed by atoms with Crippen LogP contribution in [0.15, 0.2) is 0 Å². The van der Waals surface area contributed by atoms with Crippen LogP contribution in [0.2, 0.25) is 0 Å². The first-order valence-electron chi connectivity index (χ1n) is 44.8. The summed E-state index contributed by atoms with van der Waals surface area (Å²) in [5.41, 5.74) is 0. The van der Waals surface area contributed by atoms with Crippen LogP contribution >= 0.6 is 0 Å². The van der Waals surface area contributed by atoms with E-state index in [9.17, 15) is 49.5 Å². The van der Waals surface area contributed by atoms with Crippen LogP contribution in [0.4, 0.5) is 0 Å². The first kappa shape index (κ1) is 117. The summed E-state index contributed by atoms with van der Waals surface area (Å²) in [6.07, 6.45) is 99.3. The minimum atomic E-state index is -0.903. The van der Waals surface area contributed by atoms with Crippen LogP contribution in [0.3, 0.4) is 0 Å². The Morgan fingerprint density at radius 2 is 0.204 bits per heavy atom. The van der Waals surface area contributed by atoms with Crippen molar-refractivity contribution in [1.82, 2.24) is 0 Å². The van der Waals surface area contributed by atoms with E-state index in [1.807, 2.05) is 0 Å². The fraction of sp³-hybridized carbons (Fsp3) is 0.934. The molecule has 0 fully saturated rings. The number of carbonyl (C=O) groups excluding carboxylic acids is 5. The van der Waals surface area contributed by atoms with Gasteiger partial charge in [0.1, 0.15) is 0 Å². The van der Waals surface area contributed by atoms with Gasteiger partial charge in [-0.15, -0.1) is 0 Å². The molecule has 0 N–H and O–H groups in total. The molecule has 0 rings (SSSR count). The normalized spacial score (nSPS) is 10.5. The number of unbranched alkanes of at least 4 members (excludes halogenated alkanes) is 70. The van der Waals surface area contributed by atoms with Gasteiger partial charge in [0, 0.05) is 37.3 Å². The topological polar surface area (TPSA) is 201 Å². The summed E-state index contributed by atoms with van der Waals surface area (Å²) in [4.78, 5) is 51.1. The van der Waals surface area contributed by atoms with E-state index >= 15 is 0 Å². The SMILES string of the molecule is CCCCCCCCCCCCCCCCCC(=O)[O-].CCCCCCCCCCCCCCCCCC(=O)[O-].CCCCCCCCCCCCCCCCCC(=O)[O-].CCCCCCCCCCCCCCCCCC(=O)[O-].CCCCCCCCCCCCCCCCCC(=O)[O-].[Al+3].[C].[Zn+2]. The Morgan fingerprint density at radius 3 is 0.262 bits per heavy atom. The molecule has 10 nitrogen and oxygen atoms in total. The molecule has 4 radical (unpaired) electrons. The molecular formula is C91H175AlO10Zn. The first-order chi connectivity index (χ1) is 48.9. The second kappa shape index (κ2) is 114. The summed E-state index contributed by atoms with van der Waals surface area (Å²) in [5, 5.41) is 51.1. The molecule has 0 amide bonds. The molecule has 0 aromatic rings. The van der Waals surface area contributed by atoms with Crippen LogP contribution in [-0.2, 0) is 43.5 Å². The molecule has 0 aromatic heterocycles. The molecule has 0 aliphatic heterocycles. The van der Waals surface area contributed by atoms with E-state index in [2.05, 4.69) is 34.6 Å². The third-order valence-electron chi connectivity index (χ3n) is 19.9. The number of aliphatic carboxylic acids is 5. The van der Waals surface area contributed by atoms with Gasteiger partial charge in [-0.1, -0.05) is 484 Å². The summed E-state index contributed by atoms with van der Waals surface area (Å²) in [6.45, 7) is 11.3. The van der Waals surface area contributed by atoms with Crippen molar-refractivity contribution < 1.29 is 69.0 Å². The Morgan fingerprint density at radius 1 is 0.146 bits per heavy atom. The number of hydrogen-bond acceptors (Lipinski definition) is 10. The summed E-state index contributed by atoms with van der Waals surface area (Å²) in [5.74, 6) is -4.52. The number of rotatable bonds is 80. The maximum atomic E-state index is 10.2. The quantitative estimate of drug-likeness (QED) is 0.0417. The zero-order valence-corrected chi connectivity index (χ0v) is 74.1. The number of carboxylic acids is 5. The van der Waals surface area contributed by atoms with Gasteiger partial charge in [-0.2, -0.15) is 0 Å². The van der Waals surface area contributed by atoms with Crippen molar-refractivity contribution >= 4 is 47.2 Å². The van der Waals surface area contributed by atoms with Gasteiger partial charge < -0.3 is 49.5 Å². The Balaban J connectivity index is -0.000000181. The molecule has 0 aromatic carbocycles. The van der Waals surface area contributed by atoms with Crippen LogP contribution < -0.4 is 25.5 Å². The van der Waals surface area contributed by atoms with Gasteiger partial charge in [0.05, 0.1) is 0 Å². The molecule has 0 unspecified atom stereocenters. The smallest absolute Gasteiger partial charge is 0.550 e. The largest absolute Gasteiger partial charge is 3.00 e. The number of carbonyl (C=O) groups is 5. The van der Waals surface area contributed by atoms with Crippen molar-refractivity contribution in [2.75, 3.05) is 0 Å². The summed E-state index contributed by atoms with van der Waals surface area (Å²) in [7, 11) is 0. The fourth-order valence-corrected chi connectivity index (χ4v) is 13.2. The van der Waals surface area contributed by atoms with Crippen LogP contribution in [0.5, 0.6) is 0 Å². The van der Waals surface area contributed by atoms with E-state index in [-0.39, 0.29) is 76.4 Å². The van der Waals surface area contributed by atoms with Gasteiger partial charge in [0.15, 0.2) is 0 Å². The van der Waals surface area contributed by atoms with Crippen LogP contribution in [0, 0.1) is 7.43 Å². The Bertz CT molecular complexity index is 1280. The molecule has 0 saturated carbocycles. The molecule has 0 heterocycles. The number of hydrogen-bond donors (Lipinski definition) is 0. The molecule has 103 heavy (non-hydrogen) atoms. The molecule has 0 atom stereocenters. The van der Waals surface area contributed by atoms with Gasteiger partial charge in [0.25, 0.3) is 0 Å². The molecule has 0 aliphatic carbocycles. The molecular weight excluding hydrogens is 1350 g/mol. The first-order valence-corrected chi connectivity index (χ1v) is 44.8. The van der Waals surface area contributed by atoms with Crippen LogP contribution in [0.1, 0.15) is 548 Å². The third kappa shape index (κ3) is 140. The maximum Gasteiger partial charge on any atom is 3.00 e. The van der Waals surface area contributed by atoms with Crippen molar-refractivity contribution in [3.05, 3.63) is 7.43 Å². The second-order valence-corrected chi connectivity index (χ2v) is 30.4. The van der Waals surface area contributed by atoms with Gasteiger partial charge >= 0.3 is 36.8 Å². The Hall–Kier alpha value is -1.49. The van der Waals surface area contributed by atoms with Crippen LogP contribution in [-0.4, -0.2) is 47.2 Å². The van der Waals surface area contributed by atoms with E-state index in [1.54, 1.807) is 0 Å². The third-order valence-corrected chi connectivity index (χ3v) is 19.9. The van der Waals surface area contributed by atoms with Gasteiger partial charge in [0.2, 0.25) is 0 Å². The van der Waals surface area contributed by atoms with E-state index < -0.39 is 29.8 Å². The molecule has 0 spiro atoms. The average Bonchev–Trinajstić information content (AvgIpc) is 3.77. The predicted molar refractivity (Wildman–Crippen MR) is 432 cm³/mol. The van der Waals surface area contributed by atoms with Crippen molar-refractivity contribution in [1.29, 1.82) is 0 Å². The summed E-state index contributed by atoms with van der Waals surface area (Å²) >= 11 is 0. The van der Waals surface area contributed by atoms with Crippen molar-refractivity contribution in [3.8, 4) is 0 Å². The summed E-state index contributed by atoms with van der Waals surface area (Å²) < 4.78 is 0. The zero-order chi connectivity index (χ0) is 74.5. The van der Waals surface area contributed by atoms with E-state index in [4.69, 9.17) is 0 Å². The fourth-order valence-electron chi connectivity index (χ4n) is 13.2. The van der Waals surface area contributed by atoms with E-state index in [0.717, 1.165) is 64.2 Å². The zero-order valence-electron chi connectivity index (χ0n) is 69.9. The van der Waals surface area contributed by atoms with Crippen LogP contribution in [0.25, 0.3) is 0 Å². The van der Waals surface area contributed by atoms with Crippen molar-refractivity contribution in [2.24, 2.45) is 0 Å². The predicted octanol–water partition coefficient (Wildman–Crippen LogP) is 24.7. The molecule has 0 bridgehead atoms. The minimum Gasteiger partial charge on any atom is -0.550 e. The van der Waals surface area contributed by atoms with Crippen molar-refractivity contribution in [3.63, 3.8) is 0 Å². The Labute approximate surface area is 667 Å². The second-order valence-electron chi connectivity index (χ2n) is 30.4. The molecule has 0 aliphatic rings. The van der Waals surface area contributed by atoms with Gasteiger partial charge in [-0.25, -0.2) is 0 Å². The number of carboxylic acid groups (broad SMARTS) is 5. The van der Waals surface area contributed by atoms with Crippen molar-refractivity contribution in [2.45, 2.75) is 548 Å². The van der Waals surface area contributed by atoms with E-state index in [1.165, 1.54) is 417 Å². The van der Waals surface area contributed by atoms with Gasteiger partial charge in [-0.3, -0.25) is 0 Å². The summed E-state index contributed by atoms with van der Waals surface area (Å²) in [6, 6.07) is 0. The molecule has 0 saturated heterocycles. The maximum absolute atomic E-state index is 10.2. The standard InChI is InChI=1S/5C18H36O2.C.Al.Zn/c5*1-2-3-4-5-6-7-8-9-10-11-12-13-14-15-16-17-18(19)20;;;/h5*2-17H2,1H3,(H,19,20);;;/q;;;;;;+3;+2/p-5. The Kier molecular flexibility index (Phi) is 130. The monoisotopic (exact) mass is 1520 g/mol. The molecule has 12 heteroatoms.